The summed E-state index contributed by atoms with van der Waals surface area (Å²) in [5.41, 5.74) is 2.25. The summed E-state index contributed by atoms with van der Waals surface area (Å²) >= 11 is 0. The number of aromatic nitrogens is 3. The van der Waals surface area contributed by atoms with E-state index in [0.29, 0.717) is 18.4 Å². The lowest BCUT2D eigenvalue weighted by atomic mass is 9.89. The lowest BCUT2D eigenvalue weighted by Gasteiger charge is -2.26. The molecule has 2 fully saturated rings. The predicted molar refractivity (Wildman–Crippen MR) is 124 cm³/mol. The van der Waals surface area contributed by atoms with Gasteiger partial charge >= 0.3 is 16.1 Å². The molecule has 0 aromatic rings. The number of nitrogens with zero attached hydrogens (tertiary/aromatic N) is 4. The molecule has 170 valence electrons. The third-order valence-electron chi connectivity index (χ3n) is 6.91. The van der Waals surface area contributed by atoms with Gasteiger partial charge in [0.1, 0.15) is 5.82 Å². The molecule has 0 aromatic heterocycles. The Morgan fingerprint density at radius 1 is 1.34 bits per heavy atom. The van der Waals surface area contributed by atoms with E-state index in [1.807, 2.05) is 12.3 Å². The van der Waals surface area contributed by atoms with Crippen LogP contribution in [0.1, 0.15) is 45.4 Å². The van der Waals surface area contributed by atoms with Gasteiger partial charge in [-0.05, 0) is 44.1 Å². The van der Waals surface area contributed by atoms with Crippen LogP contribution in [0.3, 0.4) is 0 Å². The zero-order chi connectivity index (χ0) is 22.1. The third-order valence-corrected chi connectivity index (χ3v) is 8.08. The molecule has 8 nitrogen and oxygen atoms in total. The van der Waals surface area contributed by atoms with E-state index in [4.69, 9.17) is 4.74 Å². The van der Waals surface area contributed by atoms with Crippen molar-refractivity contribution >= 4 is 21.5 Å². The first-order valence-electron chi connectivity index (χ1n) is 11.6. The fourth-order valence-corrected chi connectivity index (χ4v) is 6.50. The fraction of sp³-hybridized carbons (Fsp3) is 0.609. The summed E-state index contributed by atoms with van der Waals surface area (Å²) in [4.78, 5) is 8.86. The van der Waals surface area contributed by atoms with Crippen molar-refractivity contribution in [2.75, 3.05) is 24.2 Å². The average Bonchev–Trinajstić information content (AvgIpc) is 3.51. The maximum Gasteiger partial charge on any atom is 0.481 e. The van der Waals surface area contributed by atoms with E-state index >= 15 is 0 Å². The molecule has 9 heteroatoms. The highest BCUT2D eigenvalue weighted by atomic mass is 32.2. The monoisotopic (exact) mass is 456 g/mol. The van der Waals surface area contributed by atoms with E-state index in [0.717, 1.165) is 62.4 Å². The molecule has 5 aliphatic rings. The van der Waals surface area contributed by atoms with Crippen LogP contribution >= 0.6 is 0 Å². The van der Waals surface area contributed by atoms with Gasteiger partial charge in [-0.15, -0.1) is 8.42 Å². The molecule has 4 heterocycles. The number of nitrogens with one attached hydrogen (secondary N) is 1. The molecule has 1 N–H and O–H groups in total. The quantitative estimate of drug-likeness (QED) is 0.750. The van der Waals surface area contributed by atoms with E-state index in [-0.39, 0.29) is 17.8 Å². The molecule has 0 aromatic carbocycles. The van der Waals surface area contributed by atoms with Crippen molar-refractivity contribution in [3.8, 4) is 17.6 Å². The molecule has 1 saturated carbocycles. The zero-order valence-corrected chi connectivity index (χ0v) is 19.2. The molecule has 4 atom stereocenters. The number of anilines is 1. The standard InChI is InChI=1S/C23H30N5O3S/c1-2-17-11-16(13-27-32(29,30)15-18-5-4-10-31-18)12-19(17)20-6-3-8-24-22-14-26-23-21(28(20)22)7-9-25-23/h6-7,9,14,16-19,24H,2-5,8,10-12,15H2,1H3/q+1/t16?,17-,18?,19+/m1/s1. The molecular formula is C23H30N5O3S+. The van der Waals surface area contributed by atoms with Crippen LogP contribution in [0, 0.1) is 23.8 Å². The fourth-order valence-electron chi connectivity index (χ4n) is 5.38. The van der Waals surface area contributed by atoms with E-state index < -0.39 is 10.0 Å². The van der Waals surface area contributed by atoms with Crippen molar-refractivity contribution in [1.29, 1.82) is 0 Å². The number of fused-ring (bicyclic) bond motifs is 3. The Bertz CT molecular complexity index is 1140. The maximum atomic E-state index is 12.5. The van der Waals surface area contributed by atoms with E-state index in [1.54, 1.807) is 6.20 Å². The van der Waals surface area contributed by atoms with Gasteiger partial charge in [-0.3, -0.25) is 4.57 Å². The van der Waals surface area contributed by atoms with Crippen LogP contribution < -0.4 is 5.32 Å². The minimum Gasteiger partial charge on any atom is -0.377 e. The lowest BCUT2D eigenvalue weighted by molar-refractivity contribution is 0.127. The van der Waals surface area contributed by atoms with Crippen molar-refractivity contribution in [3.63, 3.8) is 0 Å². The van der Waals surface area contributed by atoms with Crippen LogP contribution in [0.5, 0.6) is 0 Å². The Hall–Kier alpha value is -2.44. The van der Waals surface area contributed by atoms with Gasteiger partial charge in [-0.2, -0.15) is 0 Å². The van der Waals surface area contributed by atoms with Crippen LogP contribution in [-0.4, -0.2) is 48.0 Å². The molecule has 2 unspecified atom stereocenters. The summed E-state index contributed by atoms with van der Waals surface area (Å²) in [7, 11) is -3.55. The van der Waals surface area contributed by atoms with Crippen molar-refractivity contribution in [2.24, 2.45) is 17.8 Å². The van der Waals surface area contributed by atoms with Gasteiger partial charge in [-0.1, -0.05) is 19.4 Å². The number of ether oxygens (including phenoxy) is 1. The molecule has 32 heavy (non-hydrogen) atoms. The third kappa shape index (κ3) is 4.26. The molecular weight excluding hydrogens is 426 g/mol. The molecule has 0 spiro atoms. The topological polar surface area (TPSA) is 90.5 Å². The van der Waals surface area contributed by atoms with Crippen molar-refractivity contribution in [3.05, 3.63) is 28.8 Å². The summed E-state index contributed by atoms with van der Waals surface area (Å²) in [6, 6.07) is 5.01. The second kappa shape index (κ2) is 8.83. The minimum absolute atomic E-state index is 0.0282. The number of allylic oxidation sites excluding steroid dienone is 1. The summed E-state index contributed by atoms with van der Waals surface area (Å²) in [6.45, 7) is 3.70. The Morgan fingerprint density at radius 2 is 2.25 bits per heavy atom. The normalized spacial score (nSPS) is 27.8. The predicted octanol–water partition coefficient (Wildman–Crippen LogP) is 3.93. The SMILES string of the molecule is CC[C@@H]1CC(C#[N+]S(=O)(=O)CC2CCCO2)C[C@@H]1C1=CCCNc2cnc3nccc-3n21. The van der Waals surface area contributed by atoms with Crippen LogP contribution in [0.2, 0.25) is 0 Å². The van der Waals surface area contributed by atoms with Gasteiger partial charge in [0, 0.05) is 31.0 Å². The summed E-state index contributed by atoms with van der Waals surface area (Å²) in [6.07, 6.45) is 11.1. The van der Waals surface area contributed by atoms with Crippen LogP contribution in [-0.2, 0) is 14.8 Å². The first kappa shape index (κ1) is 21.4. The molecule has 1 aliphatic carbocycles. The van der Waals surface area contributed by atoms with Crippen molar-refractivity contribution < 1.29 is 13.2 Å². The van der Waals surface area contributed by atoms with Gasteiger partial charge < -0.3 is 10.1 Å². The number of hydrogen-bond acceptors (Lipinski definition) is 6. The molecule has 0 amide bonds. The second-order valence-corrected chi connectivity index (χ2v) is 10.7. The molecule has 4 aliphatic heterocycles. The Morgan fingerprint density at radius 3 is 3.06 bits per heavy atom. The number of hydrogen-bond donors (Lipinski definition) is 1. The minimum atomic E-state index is -3.55. The maximum absolute atomic E-state index is 12.5. The number of rotatable bonds is 4. The summed E-state index contributed by atoms with van der Waals surface area (Å²) < 4.78 is 36.6. The molecule has 0 bridgehead atoms. The van der Waals surface area contributed by atoms with Gasteiger partial charge in [-0.25, -0.2) is 9.97 Å². The Kier molecular flexibility index (Phi) is 5.91. The summed E-state index contributed by atoms with van der Waals surface area (Å²) in [5.74, 6) is 2.45. The largest absolute Gasteiger partial charge is 0.481 e. The average molecular weight is 457 g/mol. The molecule has 5 rings (SSSR count). The van der Waals surface area contributed by atoms with Gasteiger partial charge in [0.25, 0.3) is 0 Å². The second-order valence-electron chi connectivity index (χ2n) is 9.02. The first-order chi connectivity index (χ1) is 15.5. The van der Waals surface area contributed by atoms with E-state index in [9.17, 15) is 8.42 Å². The Balaban J connectivity index is 1.40. The van der Waals surface area contributed by atoms with Gasteiger partial charge in [0.05, 0.1) is 28.2 Å². The molecule has 1 saturated heterocycles. The van der Waals surface area contributed by atoms with Crippen molar-refractivity contribution in [2.45, 2.75) is 51.6 Å². The lowest BCUT2D eigenvalue weighted by Crippen LogP contribution is -2.17. The first-order valence-corrected chi connectivity index (χ1v) is 13.2. The van der Waals surface area contributed by atoms with E-state index in [1.165, 1.54) is 5.70 Å². The highest BCUT2D eigenvalue weighted by Gasteiger charge is 2.40. The number of sulfonamides is 1. The smallest absolute Gasteiger partial charge is 0.377 e. The summed E-state index contributed by atoms with van der Waals surface area (Å²) in [5, 5.41) is 3.48. The zero-order valence-electron chi connectivity index (χ0n) is 18.4. The Labute approximate surface area is 189 Å². The van der Waals surface area contributed by atoms with Crippen molar-refractivity contribution in [1.82, 2.24) is 14.5 Å². The highest BCUT2D eigenvalue weighted by molar-refractivity contribution is 7.93. The van der Waals surface area contributed by atoms with Gasteiger partial charge in [0.2, 0.25) is 0 Å². The highest BCUT2D eigenvalue weighted by Crippen LogP contribution is 2.46. The van der Waals surface area contributed by atoms with Crippen LogP contribution in [0.25, 0.3) is 21.5 Å². The van der Waals surface area contributed by atoms with Crippen LogP contribution in [0.15, 0.2) is 24.5 Å². The van der Waals surface area contributed by atoms with E-state index in [2.05, 4.69) is 43.2 Å². The molecule has 0 radical (unpaired) electrons. The van der Waals surface area contributed by atoms with Crippen LogP contribution in [0.4, 0.5) is 5.82 Å². The van der Waals surface area contributed by atoms with Gasteiger partial charge in [0.15, 0.2) is 11.6 Å².